The fraction of sp³-hybridized carbons (Fsp3) is 0.438. The number of thioether (sulfide) groups is 1. The van der Waals surface area contributed by atoms with Gasteiger partial charge in [0.2, 0.25) is 0 Å². The van der Waals surface area contributed by atoms with E-state index in [2.05, 4.69) is 15.5 Å². The highest BCUT2D eigenvalue weighted by Crippen LogP contribution is 2.36. The van der Waals surface area contributed by atoms with E-state index in [0.717, 1.165) is 38.1 Å². The van der Waals surface area contributed by atoms with E-state index < -0.39 is 5.51 Å². The summed E-state index contributed by atoms with van der Waals surface area (Å²) < 4.78 is 39.0. The molecule has 1 aromatic carbocycles. The Morgan fingerprint density at radius 2 is 1.92 bits per heavy atom. The number of aromatic nitrogens is 3. The minimum atomic E-state index is -4.34. The number of nitrogens with one attached hydrogen (secondary N) is 1. The maximum absolute atomic E-state index is 12.3. The second-order valence-corrected chi connectivity index (χ2v) is 6.89. The Hall–Kier alpha value is -2.03. The van der Waals surface area contributed by atoms with Gasteiger partial charge >= 0.3 is 5.51 Å². The Bertz CT molecular complexity index is 743. The number of rotatable bonds is 4. The summed E-state index contributed by atoms with van der Waals surface area (Å²) in [6.45, 7) is 1.09. The van der Waals surface area contributed by atoms with Crippen molar-refractivity contribution < 1.29 is 18.0 Å². The highest BCUT2D eigenvalue weighted by Gasteiger charge is 2.29. The van der Waals surface area contributed by atoms with Gasteiger partial charge in [0.25, 0.3) is 5.91 Å². The Kier molecular flexibility index (Phi) is 5.31. The van der Waals surface area contributed by atoms with Crippen LogP contribution in [-0.2, 0) is 19.5 Å². The number of fused-ring (bicyclic) bond motifs is 1. The van der Waals surface area contributed by atoms with Gasteiger partial charge in [0.05, 0.1) is 6.54 Å². The lowest BCUT2D eigenvalue weighted by Crippen LogP contribution is -2.25. The molecule has 2 heterocycles. The SMILES string of the molecule is O=C(NCc1nnc2n1CCCCC2)c1ccc(SC(F)(F)F)cc1. The van der Waals surface area contributed by atoms with Crippen molar-refractivity contribution >= 4 is 17.7 Å². The second kappa shape index (κ2) is 7.47. The van der Waals surface area contributed by atoms with Crippen molar-refractivity contribution in [3.8, 4) is 0 Å². The van der Waals surface area contributed by atoms with Crippen LogP contribution in [0.2, 0.25) is 0 Å². The number of carbonyl (C=O) groups is 1. The van der Waals surface area contributed by atoms with Crippen LogP contribution in [0.1, 0.15) is 41.3 Å². The molecule has 1 N–H and O–H groups in total. The summed E-state index contributed by atoms with van der Waals surface area (Å²) in [5, 5.41) is 11.0. The summed E-state index contributed by atoms with van der Waals surface area (Å²) in [5.74, 6) is 1.29. The quantitative estimate of drug-likeness (QED) is 0.837. The first-order valence-corrected chi connectivity index (χ1v) is 8.79. The molecule has 0 unspecified atom stereocenters. The van der Waals surface area contributed by atoms with Crippen molar-refractivity contribution in [2.75, 3.05) is 0 Å². The molecule has 134 valence electrons. The molecule has 0 saturated carbocycles. The van der Waals surface area contributed by atoms with Gasteiger partial charge in [0.1, 0.15) is 5.82 Å². The highest BCUT2D eigenvalue weighted by atomic mass is 32.2. The highest BCUT2D eigenvalue weighted by molar-refractivity contribution is 8.00. The van der Waals surface area contributed by atoms with E-state index in [1.54, 1.807) is 0 Å². The smallest absolute Gasteiger partial charge is 0.345 e. The molecule has 0 radical (unpaired) electrons. The molecule has 0 spiro atoms. The van der Waals surface area contributed by atoms with E-state index in [9.17, 15) is 18.0 Å². The third-order valence-corrected chi connectivity index (χ3v) is 4.68. The topological polar surface area (TPSA) is 59.8 Å². The molecule has 0 aliphatic carbocycles. The van der Waals surface area contributed by atoms with E-state index in [0.29, 0.717) is 11.4 Å². The van der Waals surface area contributed by atoms with Gasteiger partial charge in [-0.3, -0.25) is 4.79 Å². The molecule has 0 atom stereocenters. The summed E-state index contributed by atoms with van der Waals surface area (Å²) in [7, 11) is 0. The number of aryl methyl sites for hydroxylation is 1. The van der Waals surface area contributed by atoms with Crippen LogP contribution in [0.5, 0.6) is 0 Å². The summed E-state index contributed by atoms with van der Waals surface area (Å²) >= 11 is -0.203. The van der Waals surface area contributed by atoms with Gasteiger partial charge in [-0.05, 0) is 48.9 Å². The third kappa shape index (κ3) is 4.75. The Labute approximate surface area is 147 Å². The summed E-state index contributed by atoms with van der Waals surface area (Å²) in [5.41, 5.74) is -4.03. The largest absolute Gasteiger partial charge is 0.446 e. The number of benzene rings is 1. The van der Waals surface area contributed by atoms with Crippen LogP contribution in [0.15, 0.2) is 29.2 Å². The van der Waals surface area contributed by atoms with E-state index in [-0.39, 0.29) is 29.1 Å². The average Bonchev–Trinajstić information content (AvgIpc) is 2.78. The number of alkyl halides is 3. The Morgan fingerprint density at radius 1 is 1.16 bits per heavy atom. The maximum atomic E-state index is 12.3. The maximum Gasteiger partial charge on any atom is 0.446 e. The van der Waals surface area contributed by atoms with Crippen LogP contribution in [0.25, 0.3) is 0 Å². The molecular weight excluding hydrogens is 353 g/mol. The van der Waals surface area contributed by atoms with Crippen LogP contribution in [0.4, 0.5) is 13.2 Å². The monoisotopic (exact) mass is 370 g/mol. The fourth-order valence-corrected chi connectivity index (χ4v) is 3.28. The van der Waals surface area contributed by atoms with Gasteiger partial charge in [0.15, 0.2) is 5.82 Å². The normalized spacial score (nSPS) is 14.7. The molecule has 2 aromatic rings. The zero-order chi connectivity index (χ0) is 17.9. The van der Waals surface area contributed by atoms with Gasteiger partial charge in [-0.25, -0.2) is 0 Å². The van der Waals surface area contributed by atoms with E-state index >= 15 is 0 Å². The molecular formula is C16H17F3N4OS. The van der Waals surface area contributed by atoms with Gasteiger partial charge in [0, 0.05) is 23.4 Å². The molecule has 3 rings (SSSR count). The van der Waals surface area contributed by atoms with Crippen molar-refractivity contribution in [1.82, 2.24) is 20.1 Å². The molecule has 25 heavy (non-hydrogen) atoms. The molecule has 9 heteroatoms. The molecule has 0 fully saturated rings. The minimum Gasteiger partial charge on any atom is -0.345 e. The number of nitrogens with zero attached hydrogens (tertiary/aromatic N) is 3. The van der Waals surface area contributed by atoms with Crippen LogP contribution < -0.4 is 5.32 Å². The lowest BCUT2D eigenvalue weighted by Gasteiger charge is -2.09. The van der Waals surface area contributed by atoms with Crippen molar-refractivity contribution in [3.63, 3.8) is 0 Å². The van der Waals surface area contributed by atoms with Gasteiger partial charge < -0.3 is 9.88 Å². The fourth-order valence-electron chi connectivity index (χ4n) is 2.75. The Morgan fingerprint density at radius 3 is 2.64 bits per heavy atom. The molecule has 1 aliphatic rings. The van der Waals surface area contributed by atoms with Gasteiger partial charge in [-0.1, -0.05) is 6.42 Å². The molecule has 1 amide bonds. The molecule has 1 aliphatic heterocycles. The summed E-state index contributed by atoms with van der Waals surface area (Å²) in [6, 6.07) is 5.34. The van der Waals surface area contributed by atoms with Crippen LogP contribution in [0.3, 0.4) is 0 Å². The van der Waals surface area contributed by atoms with E-state index in [4.69, 9.17) is 0 Å². The average molecular weight is 370 g/mol. The molecule has 0 bridgehead atoms. The summed E-state index contributed by atoms with van der Waals surface area (Å²) in [4.78, 5) is 12.2. The van der Waals surface area contributed by atoms with Crippen molar-refractivity contribution in [1.29, 1.82) is 0 Å². The number of amides is 1. The third-order valence-electron chi connectivity index (χ3n) is 3.94. The lowest BCUT2D eigenvalue weighted by molar-refractivity contribution is -0.0328. The Balaban J connectivity index is 1.60. The first-order valence-electron chi connectivity index (χ1n) is 7.97. The van der Waals surface area contributed by atoms with Crippen LogP contribution in [-0.4, -0.2) is 26.2 Å². The minimum absolute atomic E-state index is 0.0480. The first-order chi connectivity index (χ1) is 11.9. The number of hydrogen-bond acceptors (Lipinski definition) is 4. The van der Waals surface area contributed by atoms with Gasteiger partial charge in [-0.2, -0.15) is 13.2 Å². The van der Waals surface area contributed by atoms with E-state index in [1.807, 2.05) is 4.57 Å². The number of halogens is 3. The molecule has 1 aromatic heterocycles. The summed E-state index contributed by atoms with van der Waals surface area (Å²) in [6.07, 6.45) is 4.19. The second-order valence-electron chi connectivity index (χ2n) is 5.75. The zero-order valence-electron chi connectivity index (χ0n) is 13.3. The predicted molar refractivity (Wildman–Crippen MR) is 87.1 cm³/mol. The standard InChI is InChI=1S/C16H17F3N4OS/c17-16(18,19)25-12-7-5-11(6-8-12)15(24)20-10-14-22-21-13-4-2-1-3-9-23(13)14/h5-8H,1-4,9-10H2,(H,20,24). The lowest BCUT2D eigenvalue weighted by atomic mass is 10.2. The number of carbonyl (C=O) groups excluding carboxylic acids is 1. The van der Waals surface area contributed by atoms with Crippen LogP contribution >= 0.6 is 11.8 Å². The van der Waals surface area contributed by atoms with Crippen molar-refractivity contribution in [2.24, 2.45) is 0 Å². The van der Waals surface area contributed by atoms with Crippen LogP contribution in [0, 0.1) is 0 Å². The van der Waals surface area contributed by atoms with Crippen molar-refractivity contribution in [3.05, 3.63) is 41.5 Å². The molecule has 0 saturated heterocycles. The van der Waals surface area contributed by atoms with Crippen molar-refractivity contribution in [2.45, 2.75) is 49.2 Å². The molecule has 5 nitrogen and oxygen atoms in total. The predicted octanol–water partition coefficient (Wildman–Crippen LogP) is 3.55. The number of hydrogen-bond donors (Lipinski definition) is 1. The van der Waals surface area contributed by atoms with E-state index in [1.165, 1.54) is 24.3 Å². The first kappa shape index (κ1) is 17.8. The van der Waals surface area contributed by atoms with Gasteiger partial charge in [-0.15, -0.1) is 10.2 Å². The zero-order valence-corrected chi connectivity index (χ0v) is 14.2.